The summed E-state index contributed by atoms with van der Waals surface area (Å²) in [5.74, 6) is 1.71. The van der Waals surface area contributed by atoms with Gasteiger partial charge in [0.05, 0.1) is 5.69 Å². The largest absolute Gasteiger partial charge is 0.358 e. The first-order valence-corrected chi connectivity index (χ1v) is 5.48. The van der Waals surface area contributed by atoms with Gasteiger partial charge in [-0.05, 0) is 44.5 Å². The second-order valence-electron chi connectivity index (χ2n) is 4.27. The van der Waals surface area contributed by atoms with Gasteiger partial charge in [-0.2, -0.15) is 5.10 Å². The van der Waals surface area contributed by atoms with Crippen LogP contribution in [0.4, 0.5) is 5.82 Å². The molecule has 1 saturated heterocycles. The number of nitrogens with zero attached hydrogens (tertiary/aromatic N) is 3. The van der Waals surface area contributed by atoms with E-state index in [1.807, 2.05) is 19.1 Å². The van der Waals surface area contributed by atoms with Crippen molar-refractivity contribution in [2.45, 2.75) is 13.3 Å². The Morgan fingerprint density at radius 1 is 1.44 bits per heavy atom. The average molecular weight is 243 g/mol. The number of halogens is 1. The van der Waals surface area contributed by atoms with E-state index < -0.39 is 0 Å². The molecule has 0 amide bonds. The van der Waals surface area contributed by atoms with Crippen LogP contribution in [0.1, 0.15) is 12.1 Å². The molecule has 2 heterocycles. The standard InChI is InChI=1S/C11H18N4.ClH/c1-9-3-4-11(14-13-9)15(2)8-10-5-6-12-7-10;/h3-4,10,12H,5-8H2,1-2H3;1H. The van der Waals surface area contributed by atoms with Gasteiger partial charge >= 0.3 is 0 Å². The fourth-order valence-corrected chi connectivity index (χ4v) is 1.95. The highest BCUT2D eigenvalue weighted by atomic mass is 35.5. The van der Waals surface area contributed by atoms with Gasteiger partial charge in [-0.1, -0.05) is 0 Å². The Labute approximate surface area is 103 Å². The zero-order valence-electron chi connectivity index (χ0n) is 9.81. The third-order valence-corrected chi connectivity index (χ3v) is 2.87. The Morgan fingerprint density at radius 3 is 2.81 bits per heavy atom. The lowest BCUT2D eigenvalue weighted by molar-refractivity contribution is 0.574. The van der Waals surface area contributed by atoms with Crippen LogP contribution in [-0.2, 0) is 0 Å². The van der Waals surface area contributed by atoms with Crippen LogP contribution in [0.15, 0.2) is 12.1 Å². The molecular weight excluding hydrogens is 224 g/mol. The second kappa shape index (κ2) is 6.01. The molecule has 2 rings (SSSR count). The molecule has 16 heavy (non-hydrogen) atoms. The van der Waals surface area contributed by atoms with Gasteiger partial charge in [-0.25, -0.2) is 0 Å². The van der Waals surface area contributed by atoms with Crippen molar-refractivity contribution in [2.75, 3.05) is 31.6 Å². The normalized spacial score (nSPS) is 19.2. The molecular formula is C11H19ClN4. The first kappa shape index (κ1) is 13.2. The van der Waals surface area contributed by atoms with E-state index in [1.54, 1.807) is 0 Å². The molecule has 0 radical (unpaired) electrons. The van der Waals surface area contributed by atoms with E-state index in [4.69, 9.17) is 0 Å². The summed E-state index contributed by atoms with van der Waals surface area (Å²) >= 11 is 0. The van der Waals surface area contributed by atoms with E-state index in [0.717, 1.165) is 37.1 Å². The number of hydrogen-bond donors (Lipinski definition) is 1. The number of aryl methyl sites for hydroxylation is 1. The van der Waals surface area contributed by atoms with Crippen LogP contribution >= 0.6 is 12.4 Å². The summed E-state index contributed by atoms with van der Waals surface area (Å²) in [5.41, 5.74) is 0.967. The quantitative estimate of drug-likeness (QED) is 0.867. The summed E-state index contributed by atoms with van der Waals surface area (Å²) in [6, 6.07) is 4.04. The summed E-state index contributed by atoms with van der Waals surface area (Å²) in [5, 5.41) is 11.6. The molecule has 0 aliphatic carbocycles. The molecule has 1 fully saturated rings. The highest BCUT2D eigenvalue weighted by Gasteiger charge is 2.16. The Kier molecular flexibility index (Phi) is 4.96. The lowest BCUT2D eigenvalue weighted by Crippen LogP contribution is -2.27. The molecule has 4 nitrogen and oxygen atoms in total. The van der Waals surface area contributed by atoms with E-state index >= 15 is 0 Å². The molecule has 90 valence electrons. The van der Waals surface area contributed by atoms with E-state index in [0.29, 0.717) is 0 Å². The molecule has 1 aliphatic rings. The molecule has 1 aliphatic heterocycles. The number of anilines is 1. The molecule has 1 unspecified atom stereocenters. The van der Waals surface area contributed by atoms with Crippen molar-refractivity contribution in [3.8, 4) is 0 Å². The van der Waals surface area contributed by atoms with Crippen molar-refractivity contribution in [3.05, 3.63) is 17.8 Å². The monoisotopic (exact) mass is 242 g/mol. The van der Waals surface area contributed by atoms with Crippen molar-refractivity contribution >= 4 is 18.2 Å². The van der Waals surface area contributed by atoms with Gasteiger partial charge in [0.15, 0.2) is 5.82 Å². The van der Waals surface area contributed by atoms with Crippen molar-refractivity contribution < 1.29 is 0 Å². The van der Waals surface area contributed by atoms with Gasteiger partial charge in [-0.3, -0.25) is 0 Å². The summed E-state index contributed by atoms with van der Waals surface area (Å²) in [6.07, 6.45) is 1.27. The first-order chi connectivity index (χ1) is 7.25. The smallest absolute Gasteiger partial charge is 0.150 e. The minimum absolute atomic E-state index is 0. The van der Waals surface area contributed by atoms with Gasteiger partial charge < -0.3 is 10.2 Å². The number of hydrogen-bond acceptors (Lipinski definition) is 4. The van der Waals surface area contributed by atoms with Crippen molar-refractivity contribution in [3.63, 3.8) is 0 Å². The van der Waals surface area contributed by atoms with Crippen molar-refractivity contribution in [1.29, 1.82) is 0 Å². The third kappa shape index (κ3) is 3.32. The Bertz CT molecular complexity index is 308. The zero-order valence-corrected chi connectivity index (χ0v) is 10.6. The molecule has 0 saturated carbocycles. The highest BCUT2D eigenvalue weighted by molar-refractivity contribution is 5.85. The van der Waals surface area contributed by atoms with Crippen LogP contribution < -0.4 is 10.2 Å². The Balaban J connectivity index is 0.00000128. The third-order valence-electron chi connectivity index (χ3n) is 2.87. The van der Waals surface area contributed by atoms with Gasteiger partial charge in [0.2, 0.25) is 0 Å². The number of rotatable bonds is 3. The van der Waals surface area contributed by atoms with Gasteiger partial charge in [0.25, 0.3) is 0 Å². The maximum Gasteiger partial charge on any atom is 0.150 e. The molecule has 1 aromatic rings. The molecule has 5 heteroatoms. The van der Waals surface area contributed by atoms with Crippen LogP contribution in [0.2, 0.25) is 0 Å². The molecule has 0 bridgehead atoms. The lowest BCUT2D eigenvalue weighted by Gasteiger charge is -2.20. The van der Waals surface area contributed by atoms with Gasteiger partial charge in [-0.15, -0.1) is 17.5 Å². The molecule has 0 aromatic carbocycles. The predicted molar refractivity (Wildman–Crippen MR) is 68.3 cm³/mol. The van der Waals surface area contributed by atoms with Gasteiger partial charge in [0, 0.05) is 13.6 Å². The SMILES string of the molecule is Cc1ccc(N(C)CC2CCNC2)nn1.Cl. The zero-order chi connectivity index (χ0) is 10.7. The van der Waals surface area contributed by atoms with E-state index in [1.165, 1.54) is 6.42 Å². The minimum Gasteiger partial charge on any atom is -0.358 e. The van der Waals surface area contributed by atoms with Crippen LogP contribution in [0.3, 0.4) is 0 Å². The van der Waals surface area contributed by atoms with Crippen LogP contribution in [-0.4, -0.2) is 36.9 Å². The van der Waals surface area contributed by atoms with E-state index in [2.05, 4.69) is 27.5 Å². The predicted octanol–water partition coefficient (Wildman–Crippen LogP) is 1.25. The summed E-state index contributed by atoms with van der Waals surface area (Å²) in [4.78, 5) is 2.18. The highest BCUT2D eigenvalue weighted by Crippen LogP contribution is 2.13. The maximum atomic E-state index is 4.18. The summed E-state index contributed by atoms with van der Waals surface area (Å²) in [7, 11) is 2.08. The van der Waals surface area contributed by atoms with Crippen LogP contribution in [0, 0.1) is 12.8 Å². The Hall–Kier alpha value is -0.870. The fourth-order valence-electron chi connectivity index (χ4n) is 1.95. The van der Waals surface area contributed by atoms with Gasteiger partial charge in [0.1, 0.15) is 0 Å². The van der Waals surface area contributed by atoms with E-state index in [9.17, 15) is 0 Å². The average Bonchev–Trinajstić information content (AvgIpc) is 2.71. The molecule has 1 aromatic heterocycles. The van der Waals surface area contributed by atoms with Crippen molar-refractivity contribution in [1.82, 2.24) is 15.5 Å². The fraction of sp³-hybridized carbons (Fsp3) is 0.636. The number of nitrogens with one attached hydrogen (secondary N) is 1. The summed E-state index contributed by atoms with van der Waals surface area (Å²) < 4.78 is 0. The Morgan fingerprint density at radius 2 is 2.25 bits per heavy atom. The second-order valence-corrected chi connectivity index (χ2v) is 4.27. The lowest BCUT2D eigenvalue weighted by atomic mass is 10.1. The first-order valence-electron chi connectivity index (χ1n) is 5.48. The summed E-state index contributed by atoms with van der Waals surface area (Å²) in [6.45, 7) is 5.30. The molecule has 1 atom stereocenters. The molecule has 0 spiro atoms. The maximum absolute atomic E-state index is 4.18. The van der Waals surface area contributed by atoms with Crippen molar-refractivity contribution in [2.24, 2.45) is 5.92 Å². The molecule has 1 N–H and O–H groups in total. The van der Waals surface area contributed by atoms with Crippen LogP contribution in [0.5, 0.6) is 0 Å². The number of aromatic nitrogens is 2. The topological polar surface area (TPSA) is 41.0 Å². The van der Waals surface area contributed by atoms with E-state index in [-0.39, 0.29) is 12.4 Å². The minimum atomic E-state index is 0. The van der Waals surface area contributed by atoms with Crippen LogP contribution in [0.25, 0.3) is 0 Å².